The van der Waals surface area contributed by atoms with E-state index in [0.29, 0.717) is 0 Å². The van der Waals surface area contributed by atoms with Gasteiger partial charge in [-0.1, -0.05) is 23.7 Å². The van der Waals surface area contributed by atoms with Crippen LogP contribution in [0.1, 0.15) is 11.1 Å². The Balaban J connectivity index is 2.54. The van der Waals surface area contributed by atoms with Crippen LogP contribution in [0.25, 0.3) is 5.57 Å². The lowest BCUT2D eigenvalue weighted by atomic mass is 10.0. The smallest absolute Gasteiger partial charge is 0.416 e. The Hall–Kier alpha value is -1.69. The van der Waals surface area contributed by atoms with Crippen molar-refractivity contribution in [3.63, 3.8) is 0 Å². The van der Waals surface area contributed by atoms with Crippen molar-refractivity contribution in [2.45, 2.75) is 11.7 Å². The summed E-state index contributed by atoms with van der Waals surface area (Å²) in [6.07, 6.45) is -4.47. The summed E-state index contributed by atoms with van der Waals surface area (Å²) < 4.78 is 43.3. The van der Waals surface area contributed by atoms with E-state index in [0.717, 1.165) is 12.1 Å². The van der Waals surface area contributed by atoms with Crippen LogP contribution in [0.2, 0.25) is 0 Å². The van der Waals surface area contributed by atoms with Crippen LogP contribution in [-0.4, -0.2) is 30.3 Å². The van der Waals surface area contributed by atoms with Crippen molar-refractivity contribution in [2.24, 2.45) is 0 Å². The maximum Gasteiger partial charge on any atom is 0.416 e. The maximum atomic E-state index is 12.7. The van der Waals surface area contributed by atoms with E-state index in [9.17, 15) is 18.0 Å². The summed E-state index contributed by atoms with van der Waals surface area (Å²) >= 11 is 5.71. The maximum absolute atomic E-state index is 12.7. The van der Waals surface area contributed by atoms with Gasteiger partial charge < -0.3 is 9.64 Å². The number of benzene rings is 1. The number of rotatable bonds is 2. The van der Waals surface area contributed by atoms with Gasteiger partial charge in [0, 0.05) is 14.1 Å². The number of ketones is 1. The molecule has 0 aliphatic carbocycles. The quantitative estimate of drug-likeness (QED) is 0.786. The Labute approximate surface area is 118 Å². The first-order chi connectivity index (χ1) is 9.21. The number of ether oxygens (including phenoxy) is 1. The predicted octanol–water partition coefficient (Wildman–Crippen LogP) is 3.10. The lowest BCUT2D eigenvalue weighted by Gasteiger charge is -2.15. The molecule has 0 N–H and O–H groups in total. The summed E-state index contributed by atoms with van der Waals surface area (Å²) in [6.45, 7) is 0. The minimum atomic E-state index is -4.47. The summed E-state index contributed by atoms with van der Waals surface area (Å²) in [7, 11) is 3.23. The summed E-state index contributed by atoms with van der Waals surface area (Å²) in [5.41, 5.74) is -1.85. The summed E-state index contributed by atoms with van der Waals surface area (Å²) in [5.74, 6) is -0.385. The van der Waals surface area contributed by atoms with Crippen molar-refractivity contribution in [3.8, 4) is 0 Å². The second-order valence-electron chi connectivity index (χ2n) is 4.45. The first kappa shape index (κ1) is 14.7. The molecule has 1 aliphatic heterocycles. The van der Waals surface area contributed by atoms with Crippen LogP contribution in [0.5, 0.6) is 0 Å². The van der Waals surface area contributed by atoms with Gasteiger partial charge in [-0.05, 0) is 17.7 Å². The molecule has 1 heterocycles. The minimum absolute atomic E-state index is 0.0566. The lowest BCUT2D eigenvalue weighted by molar-refractivity contribution is -0.137. The van der Waals surface area contributed by atoms with Gasteiger partial charge in [0.1, 0.15) is 0 Å². The molecule has 1 aromatic rings. The number of alkyl halides is 4. The highest BCUT2D eigenvalue weighted by Gasteiger charge is 2.37. The summed E-state index contributed by atoms with van der Waals surface area (Å²) in [4.78, 5) is 13.5. The molecule has 1 atom stereocenters. The van der Waals surface area contributed by atoms with Crippen LogP contribution in [0.4, 0.5) is 13.2 Å². The van der Waals surface area contributed by atoms with E-state index in [4.69, 9.17) is 16.3 Å². The molecule has 20 heavy (non-hydrogen) atoms. The van der Waals surface area contributed by atoms with Crippen LogP contribution >= 0.6 is 11.6 Å². The highest BCUT2D eigenvalue weighted by atomic mass is 35.5. The number of Topliss-reactive ketones (excluding diaryl/α,β-unsaturated/α-hetero) is 1. The van der Waals surface area contributed by atoms with Gasteiger partial charge in [0.2, 0.25) is 17.2 Å². The van der Waals surface area contributed by atoms with Crippen molar-refractivity contribution in [3.05, 3.63) is 41.3 Å². The van der Waals surface area contributed by atoms with E-state index in [2.05, 4.69) is 0 Å². The van der Waals surface area contributed by atoms with E-state index in [1.807, 2.05) is 0 Å². The molecule has 1 aromatic carbocycles. The van der Waals surface area contributed by atoms with Gasteiger partial charge in [0.15, 0.2) is 0 Å². The molecule has 0 radical (unpaired) electrons. The Bertz CT molecular complexity index is 581. The molecule has 0 spiro atoms. The lowest BCUT2D eigenvalue weighted by Crippen LogP contribution is -2.13. The number of carbonyl (C=O) groups excluding carboxylic acids is 1. The zero-order valence-corrected chi connectivity index (χ0v) is 11.4. The van der Waals surface area contributed by atoms with Gasteiger partial charge in [-0.3, -0.25) is 4.79 Å². The van der Waals surface area contributed by atoms with Crippen molar-refractivity contribution in [2.75, 3.05) is 14.1 Å². The highest BCUT2D eigenvalue weighted by molar-refractivity contribution is 6.41. The highest BCUT2D eigenvalue weighted by Crippen LogP contribution is 2.36. The summed E-state index contributed by atoms with van der Waals surface area (Å²) in [5, 5.41) is 0. The molecule has 7 heteroatoms. The van der Waals surface area contributed by atoms with Gasteiger partial charge in [-0.15, -0.1) is 0 Å². The molecule has 0 saturated carbocycles. The average Bonchev–Trinajstić information content (AvgIpc) is 2.65. The van der Waals surface area contributed by atoms with Crippen LogP contribution in [0, 0.1) is 0 Å². The molecular formula is C13H11ClF3NO2. The third-order valence-electron chi connectivity index (χ3n) is 2.77. The van der Waals surface area contributed by atoms with E-state index < -0.39 is 23.1 Å². The predicted molar refractivity (Wildman–Crippen MR) is 67.8 cm³/mol. The fourth-order valence-corrected chi connectivity index (χ4v) is 2.07. The van der Waals surface area contributed by atoms with Gasteiger partial charge in [0.25, 0.3) is 0 Å². The van der Waals surface area contributed by atoms with Crippen molar-refractivity contribution in [1.82, 2.24) is 4.90 Å². The third-order valence-corrected chi connectivity index (χ3v) is 3.05. The normalized spacial score (nSPS) is 19.3. The first-order valence-electron chi connectivity index (χ1n) is 5.66. The fourth-order valence-electron chi connectivity index (χ4n) is 1.88. The monoisotopic (exact) mass is 305 g/mol. The first-order valence-corrected chi connectivity index (χ1v) is 6.09. The van der Waals surface area contributed by atoms with E-state index in [1.54, 1.807) is 14.1 Å². The average molecular weight is 306 g/mol. The van der Waals surface area contributed by atoms with Crippen LogP contribution in [0.15, 0.2) is 30.1 Å². The standard InChI is InChI=1S/C13H11ClF3NO2/c1-18(2)12-9(10(19)11(14)20-12)7-4-3-5-8(6-7)13(15,16)17/h3-6,11H,1-2H3. The molecule has 0 aromatic heterocycles. The third kappa shape index (κ3) is 2.60. The Kier molecular flexibility index (Phi) is 3.69. The number of hydrogen-bond donors (Lipinski definition) is 0. The summed E-state index contributed by atoms with van der Waals surface area (Å²) in [6, 6.07) is 4.52. The molecule has 1 unspecified atom stereocenters. The molecule has 2 rings (SSSR count). The molecule has 1 aliphatic rings. The molecule has 108 valence electrons. The number of halogens is 4. The zero-order chi connectivity index (χ0) is 15.1. The Morgan fingerprint density at radius 1 is 1.30 bits per heavy atom. The Morgan fingerprint density at radius 3 is 2.50 bits per heavy atom. The number of carbonyl (C=O) groups is 1. The number of nitrogens with zero attached hydrogens (tertiary/aromatic N) is 1. The van der Waals surface area contributed by atoms with Gasteiger partial charge in [-0.25, -0.2) is 0 Å². The molecular weight excluding hydrogens is 295 g/mol. The van der Waals surface area contributed by atoms with E-state index in [1.165, 1.54) is 17.0 Å². The fraction of sp³-hybridized carbons (Fsp3) is 0.308. The molecule has 3 nitrogen and oxygen atoms in total. The van der Waals surface area contributed by atoms with Crippen LogP contribution in [0.3, 0.4) is 0 Å². The van der Waals surface area contributed by atoms with Crippen LogP contribution in [-0.2, 0) is 15.7 Å². The van der Waals surface area contributed by atoms with Crippen molar-refractivity contribution < 1.29 is 22.7 Å². The number of hydrogen-bond acceptors (Lipinski definition) is 3. The Morgan fingerprint density at radius 2 is 1.95 bits per heavy atom. The SMILES string of the molecule is CN(C)C1=C(c2cccc(C(F)(F)F)c2)C(=O)C(Cl)O1. The largest absolute Gasteiger partial charge is 0.451 e. The molecule has 0 amide bonds. The second kappa shape index (κ2) is 5.01. The zero-order valence-electron chi connectivity index (χ0n) is 10.7. The van der Waals surface area contributed by atoms with E-state index >= 15 is 0 Å². The van der Waals surface area contributed by atoms with Gasteiger partial charge in [-0.2, -0.15) is 13.2 Å². The van der Waals surface area contributed by atoms with Gasteiger partial charge in [0.05, 0.1) is 11.1 Å². The van der Waals surface area contributed by atoms with Crippen LogP contribution < -0.4 is 0 Å². The second-order valence-corrected chi connectivity index (χ2v) is 4.85. The topological polar surface area (TPSA) is 29.5 Å². The molecule has 0 saturated heterocycles. The van der Waals surface area contributed by atoms with E-state index in [-0.39, 0.29) is 17.0 Å². The minimum Gasteiger partial charge on any atom is -0.451 e. The van der Waals surface area contributed by atoms with Crippen molar-refractivity contribution >= 4 is 23.0 Å². The molecule has 0 fully saturated rings. The molecule has 0 bridgehead atoms. The van der Waals surface area contributed by atoms with Crippen molar-refractivity contribution in [1.29, 1.82) is 0 Å². The van der Waals surface area contributed by atoms with Gasteiger partial charge >= 0.3 is 6.18 Å².